The van der Waals surface area contributed by atoms with Gasteiger partial charge in [-0.15, -0.1) is 0 Å². The summed E-state index contributed by atoms with van der Waals surface area (Å²) in [6.45, 7) is 2.97. The zero-order chi connectivity index (χ0) is 26.2. The Labute approximate surface area is 228 Å². The molecule has 2 nitrogen and oxygen atoms in total. The smallest absolute Gasteiger partial charge is 0.196 e. The van der Waals surface area contributed by atoms with Crippen LogP contribution >= 0.6 is 0 Å². The Morgan fingerprint density at radius 3 is 1.41 bits per heavy atom. The fourth-order valence-corrected chi connectivity index (χ4v) is 5.06. The summed E-state index contributed by atoms with van der Waals surface area (Å²) in [6, 6.07) is 17.1. The van der Waals surface area contributed by atoms with Crippen LogP contribution in [0.1, 0.15) is 151 Å². The van der Waals surface area contributed by atoms with Crippen molar-refractivity contribution in [1.82, 2.24) is 0 Å². The van der Waals surface area contributed by atoms with Crippen molar-refractivity contribution in [3.63, 3.8) is 0 Å². The minimum Gasteiger partial charge on any atom is -0.493 e. The summed E-state index contributed by atoms with van der Waals surface area (Å²) < 4.78 is 6.00. The first-order valence-electron chi connectivity index (χ1n) is 15.6. The summed E-state index contributed by atoms with van der Waals surface area (Å²) in [7, 11) is 0. The summed E-state index contributed by atoms with van der Waals surface area (Å²) in [5.74, 6) is 0.730. The van der Waals surface area contributed by atoms with Crippen LogP contribution in [0.2, 0.25) is 0 Å². The third kappa shape index (κ3) is 15.0. The van der Waals surface area contributed by atoms with E-state index in [1.54, 1.807) is 0 Å². The molecule has 0 aliphatic rings. The highest BCUT2D eigenvalue weighted by Crippen LogP contribution is 2.22. The first-order chi connectivity index (χ1) is 18.3. The highest BCUT2D eigenvalue weighted by atomic mass is 16.5. The average molecular weight is 507 g/mol. The number of unbranched alkanes of at least 4 members (excludes halogenated alkanes) is 19. The highest BCUT2D eigenvalue weighted by molar-refractivity contribution is 6.10. The first-order valence-corrected chi connectivity index (χ1v) is 15.6. The van der Waals surface area contributed by atoms with Crippen molar-refractivity contribution >= 4 is 5.78 Å². The van der Waals surface area contributed by atoms with Crippen LogP contribution in [0.15, 0.2) is 54.6 Å². The summed E-state index contributed by atoms with van der Waals surface area (Å²) in [4.78, 5) is 12.8. The van der Waals surface area contributed by atoms with Gasteiger partial charge >= 0.3 is 0 Å². The largest absolute Gasteiger partial charge is 0.493 e. The van der Waals surface area contributed by atoms with E-state index in [0.29, 0.717) is 23.5 Å². The van der Waals surface area contributed by atoms with Gasteiger partial charge in [0.1, 0.15) is 5.75 Å². The summed E-state index contributed by atoms with van der Waals surface area (Å²) in [6.07, 6.45) is 27.7. The molecule has 2 rings (SSSR count). The molecule has 0 aliphatic heterocycles. The third-order valence-corrected chi connectivity index (χ3v) is 7.42. The van der Waals surface area contributed by atoms with E-state index in [1.807, 2.05) is 54.6 Å². The second kappa shape index (κ2) is 21.9. The van der Waals surface area contributed by atoms with Crippen LogP contribution in [0.25, 0.3) is 0 Å². The van der Waals surface area contributed by atoms with E-state index in [2.05, 4.69) is 6.92 Å². The molecule has 0 fully saturated rings. The van der Waals surface area contributed by atoms with Crippen molar-refractivity contribution in [3.8, 4) is 5.75 Å². The average Bonchev–Trinajstić information content (AvgIpc) is 2.94. The molecule has 0 N–H and O–H groups in total. The molecule has 0 aromatic heterocycles. The van der Waals surface area contributed by atoms with Crippen molar-refractivity contribution in [2.45, 2.75) is 135 Å². The lowest BCUT2D eigenvalue weighted by atomic mass is 10.0. The Balaban J connectivity index is 1.37. The van der Waals surface area contributed by atoms with Gasteiger partial charge in [-0.1, -0.05) is 171 Å². The minimum absolute atomic E-state index is 0.0275. The monoisotopic (exact) mass is 506 g/mol. The highest BCUT2D eigenvalue weighted by Gasteiger charge is 2.13. The number of ketones is 1. The van der Waals surface area contributed by atoms with E-state index in [4.69, 9.17) is 4.74 Å². The summed E-state index contributed by atoms with van der Waals surface area (Å²) >= 11 is 0. The lowest BCUT2D eigenvalue weighted by Gasteiger charge is -2.11. The van der Waals surface area contributed by atoms with Gasteiger partial charge in [0, 0.05) is 5.56 Å². The van der Waals surface area contributed by atoms with E-state index in [-0.39, 0.29) is 5.78 Å². The predicted octanol–water partition coefficient (Wildman–Crippen LogP) is 11.1. The van der Waals surface area contributed by atoms with Crippen LogP contribution in [-0.2, 0) is 0 Å². The maximum Gasteiger partial charge on any atom is 0.196 e. The van der Waals surface area contributed by atoms with Gasteiger partial charge in [0.2, 0.25) is 0 Å². The number of rotatable bonds is 24. The molecule has 0 radical (unpaired) electrons. The molecule has 0 saturated carbocycles. The molecule has 0 heterocycles. The molecule has 0 saturated heterocycles. The molecule has 2 heteroatoms. The van der Waals surface area contributed by atoms with Gasteiger partial charge in [-0.2, -0.15) is 0 Å². The Bertz CT molecular complexity index is 798. The van der Waals surface area contributed by atoms with Crippen LogP contribution in [0.5, 0.6) is 5.75 Å². The van der Waals surface area contributed by atoms with Crippen molar-refractivity contribution in [2.24, 2.45) is 0 Å². The molecule has 2 aromatic carbocycles. The van der Waals surface area contributed by atoms with E-state index in [9.17, 15) is 4.79 Å². The second-order valence-electron chi connectivity index (χ2n) is 10.8. The Morgan fingerprint density at radius 1 is 0.514 bits per heavy atom. The van der Waals surface area contributed by atoms with Crippen molar-refractivity contribution in [2.75, 3.05) is 6.61 Å². The number of carbonyl (C=O) groups is 1. The number of ether oxygens (including phenoxy) is 1. The van der Waals surface area contributed by atoms with Crippen molar-refractivity contribution in [3.05, 3.63) is 65.7 Å². The molecule has 0 aliphatic carbocycles. The Kier molecular flexibility index (Phi) is 18.5. The lowest BCUT2D eigenvalue weighted by molar-refractivity contribution is 0.103. The third-order valence-electron chi connectivity index (χ3n) is 7.42. The van der Waals surface area contributed by atoms with Crippen LogP contribution in [0.4, 0.5) is 0 Å². The predicted molar refractivity (Wildman–Crippen MR) is 160 cm³/mol. The quantitative estimate of drug-likeness (QED) is 0.104. The van der Waals surface area contributed by atoms with Crippen molar-refractivity contribution < 1.29 is 9.53 Å². The number of benzene rings is 2. The molecule has 2 aromatic rings. The fraction of sp³-hybridized carbons (Fsp3) is 0.629. The summed E-state index contributed by atoms with van der Waals surface area (Å²) in [5.41, 5.74) is 1.36. The molecule has 0 spiro atoms. The maximum atomic E-state index is 12.8. The molecular formula is C35H54O2. The number of para-hydroxylation sites is 1. The zero-order valence-electron chi connectivity index (χ0n) is 23.9. The topological polar surface area (TPSA) is 26.3 Å². The molecule has 37 heavy (non-hydrogen) atoms. The van der Waals surface area contributed by atoms with E-state index in [0.717, 1.165) is 6.42 Å². The molecule has 0 amide bonds. The second-order valence-corrected chi connectivity index (χ2v) is 10.8. The van der Waals surface area contributed by atoms with Crippen molar-refractivity contribution in [1.29, 1.82) is 0 Å². The first kappa shape index (κ1) is 31.1. The Morgan fingerprint density at radius 2 is 0.919 bits per heavy atom. The van der Waals surface area contributed by atoms with Gasteiger partial charge in [-0.3, -0.25) is 4.79 Å². The Hall–Kier alpha value is -2.09. The van der Waals surface area contributed by atoms with Crippen LogP contribution in [0, 0.1) is 0 Å². The van der Waals surface area contributed by atoms with E-state index < -0.39 is 0 Å². The molecule has 0 unspecified atom stereocenters. The SMILES string of the molecule is CCCCCCCCCCCCCCCCCCCCCCOc1ccccc1C(=O)c1ccccc1. The number of hydrogen-bond donors (Lipinski definition) is 0. The zero-order valence-corrected chi connectivity index (χ0v) is 23.9. The van der Waals surface area contributed by atoms with Crippen LogP contribution < -0.4 is 4.74 Å². The van der Waals surface area contributed by atoms with E-state index in [1.165, 1.54) is 122 Å². The van der Waals surface area contributed by atoms with E-state index >= 15 is 0 Å². The van der Waals surface area contributed by atoms with Gasteiger partial charge in [0.05, 0.1) is 12.2 Å². The van der Waals surface area contributed by atoms with Gasteiger partial charge in [-0.25, -0.2) is 0 Å². The van der Waals surface area contributed by atoms with Gasteiger partial charge in [-0.05, 0) is 18.6 Å². The van der Waals surface area contributed by atoms with Gasteiger partial charge < -0.3 is 4.74 Å². The minimum atomic E-state index is 0.0275. The van der Waals surface area contributed by atoms with Gasteiger partial charge in [0.15, 0.2) is 5.78 Å². The fourth-order valence-electron chi connectivity index (χ4n) is 5.06. The molecular weight excluding hydrogens is 452 g/mol. The molecule has 206 valence electrons. The molecule has 0 atom stereocenters. The van der Waals surface area contributed by atoms with Crippen LogP contribution in [0.3, 0.4) is 0 Å². The lowest BCUT2D eigenvalue weighted by Crippen LogP contribution is -2.06. The molecule has 0 bridgehead atoms. The standard InChI is InChI=1S/C35H54O2/c1-2-3-4-5-6-7-8-9-10-11-12-13-14-15-16-17-18-19-20-26-31-37-34-30-25-24-29-33(34)35(36)32-27-22-21-23-28-32/h21-25,27-30H,2-20,26,31H2,1H3. The number of carbonyl (C=O) groups excluding carboxylic acids is 1. The van der Waals surface area contributed by atoms with Crippen LogP contribution in [-0.4, -0.2) is 12.4 Å². The normalized spacial score (nSPS) is 11.1. The summed E-state index contributed by atoms with van der Waals surface area (Å²) in [5, 5.41) is 0. The maximum absolute atomic E-state index is 12.8. The number of hydrogen-bond acceptors (Lipinski definition) is 2. The van der Waals surface area contributed by atoms with Gasteiger partial charge in [0.25, 0.3) is 0 Å².